The van der Waals surface area contributed by atoms with Gasteiger partial charge < -0.3 is 0 Å². The molecule has 0 aliphatic carbocycles. The summed E-state index contributed by atoms with van der Waals surface area (Å²) in [5, 5.41) is -1.64. The van der Waals surface area contributed by atoms with Gasteiger partial charge in [-0.15, -0.1) is 0 Å². The van der Waals surface area contributed by atoms with Crippen LogP contribution >= 0.6 is 21.7 Å². The van der Waals surface area contributed by atoms with Crippen LogP contribution in [0.25, 0.3) is 0 Å². The fourth-order valence-corrected chi connectivity index (χ4v) is 1.89. The molecule has 0 fully saturated rings. The van der Waals surface area contributed by atoms with Crippen molar-refractivity contribution in [1.82, 2.24) is 0 Å². The zero-order valence-electron chi connectivity index (χ0n) is 6.38. The summed E-state index contributed by atoms with van der Waals surface area (Å²) in [6.45, 7) is 0. The molecule has 1 atom stereocenters. The Kier molecular flexibility index (Phi) is 3.50. The van der Waals surface area contributed by atoms with Gasteiger partial charge in [0, 0.05) is 0 Å². The van der Waals surface area contributed by atoms with Gasteiger partial charge in [0.2, 0.25) is 0 Å². The summed E-state index contributed by atoms with van der Waals surface area (Å²) in [7, 11) is 5.46. The first-order chi connectivity index (χ1) is 6.05. The molecule has 72 valence electrons. The van der Waals surface area contributed by atoms with Gasteiger partial charge in [0.1, 0.15) is 5.25 Å². The topological polar surface area (TPSA) is 0 Å². The van der Waals surface area contributed by atoms with E-state index in [2.05, 4.69) is 0 Å². The van der Waals surface area contributed by atoms with Crippen LogP contribution in [0.1, 0.15) is 10.8 Å². The van der Waals surface area contributed by atoms with Crippen LogP contribution in [0.15, 0.2) is 30.3 Å². The Bertz CT molecular complexity index is 260. The van der Waals surface area contributed by atoms with Crippen LogP contribution in [0.3, 0.4) is 0 Å². The van der Waals surface area contributed by atoms with E-state index in [4.69, 9.17) is 10.7 Å². The summed E-state index contributed by atoms with van der Waals surface area (Å²) in [5.41, 5.74) is 0.176. The van der Waals surface area contributed by atoms with Gasteiger partial charge >= 0.3 is 6.18 Å². The molecule has 0 saturated carbocycles. The van der Waals surface area contributed by atoms with Gasteiger partial charge in [-0.05, 0) is 27.2 Å². The second-order valence-electron chi connectivity index (χ2n) is 2.42. The molecular weight excluding hydrogens is 221 g/mol. The van der Waals surface area contributed by atoms with Crippen LogP contribution in [0.2, 0.25) is 0 Å². The summed E-state index contributed by atoms with van der Waals surface area (Å²) in [4.78, 5) is 0. The Morgan fingerprint density at radius 3 is 2.08 bits per heavy atom. The van der Waals surface area contributed by atoms with Crippen molar-refractivity contribution < 1.29 is 13.2 Å². The summed E-state index contributed by atoms with van der Waals surface area (Å²) in [5.74, 6) is 0. The van der Waals surface area contributed by atoms with E-state index in [1.54, 1.807) is 18.2 Å². The van der Waals surface area contributed by atoms with Crippen LogP contribution in [0.5, 0.6) is 0 Å². The van der Waals surface area contributed by atoms with E-state index >= 15 is 0 Å². The van der Waals surface area contributed by atoms with Gasteiger partial charge in [-0.25, -0.2) is 0 Å². The van der Waals surface area contributed by atoms with Crippen molar-refractivity contribution in [3.63, 3.8) is 0 Å². The van der Waals surface area contributed by atoms with Crippen molar-refractivity contribution in [2.75, 3.05) is 0 Å². The van der Waals surface area contributed by atoms with E-state index in [-0.39, 0.29) is 16.5 Å². The van der Waals surface area contributed by atoms with Gasteiger partial charge in [0.25, 0.3) is 0 Å². The fraction of sp³-hybridized carbons (Fsp3) is 0.250. The van der Waals surface area contributed by atoms with Crippen LogP contribution in [-0.4, -0.2) is 6.18 Å². The maximum Gasteiger partial charge on any atom is 0.405 e. The third-order valence-corrected chi connectivity index (χ3v) is 2.74. The molecule has 0 aliphatic heterocycles. The predicted molar refractivity (Wildman–Crippen MR) is 48.7 cm³/mol. The highest BCUT2D eigenvalue weighted by atomic mass is 35.7. The number of rotatable bonds is 2. The lowest BCUT2D eigenvalue weighted by molar-refractivity contribution is -0.129. The standard InChI is InChI=1S/C8H6ClF3S/c9-13-7(8(10,11)12)6-4-2-1-3-5-6/h1-5,7H. The molecule has 0 radical (unpaired) electrons. The Morgan fingerprint density at radius 2 is 1.69 bits per heavy atom. The number of alkyl halides is 3. The average Bonchev–Trinajstić information content (AvgIpc) is 2.05. The second kappa shape index (κ2) is 4.24. The summed E-state index contributed by atoms with van der Waals surface area (Å²) < 4.78 is 36.9. The van der Waals surface area contributed by atoms with Crippen LogP contribution in [0.4, 0.5) is 13.2 Å². The second-order valence-corrected chi connectivity index (χ2v) is 3.61. The number of halogens is 4. The number of benzene rings is 1. The Morgan fingerprint density at radius 1 is 1.15 bits per heavy atom. The lowest BCUT2D eigenvalue weighted by atomic mass is 10.1. The zero-order valence-corrected chi connectivity index (χ0v) is 7.96. The van der Waals surface area contributed by atoms with Crippen molar-refractivity contribution in [2.45, 2.75) is 11.4 Å². The summed E-state index contributed by atoms with van der Waals surface area (Å²) >= 11 is 0. The normalized spacial score (nSPS) is 14.2. The van der Waals surface area contributed by atoms with Crippen molar-refractivity contribution in [1.29, 1.82) is 0 Å². The van der Waals surface area contributed by atoms with Crippen LogP contribution < -0.4 is 0 Å². The smallest absolute Gasteiger partial charge is 0.169 e. The minimum Gasteiger partial charge on any atom is -0.169 e. The largest absolute Gasteiger partial charge is 0.405 e. The SMILES string of the molecule is FC(F)(F)C(SCl)c1ccccc1. The lowest BCUT2D eigenvalue weighted by Gasteiger charge is -2.16. The van der Waals surface area contributed by atoms with E-state index < -0.39 is 11.4 Å². The average molecular weight is 227 g/mol. The Balaban J connectivity index is 2.92. The molecule has 1 unspecified atom stereocenters. The number of hydrogen-bond acceptors (Lipinski definition) is 1. The maximum atomic E-state index is 12.3. The molecule has 0 saturated heterocycles. The molecule has 5 heteroatoms. The molecule has 0 nitrogen and oxygen atoms in total. The molecule has 0 bridgehead atoms. The van der Waals surface area contributed by atoms with Crippen LogP contribution in [-0.2, 0) is 0 Å². The molecule has 1 rings (SSSR count). The van der Waals surface area contributed by atoms with E-state index in [9.17, 15) is 13.2 Å². The lowest BCUT2D eigenvalue weighted by Crippen LogP contribution is -2.16. The third kappa shape index (κ3) is 2.81. The molecular formula is C8H6ClF3S. The third-order valence-electron chi connectivity index (χ3n) is 1.49. The fourth-order valence-electron chi connectivity index (χ4n) is 0.919. The van der Waals surface area contributed by atoms with E-state index in [1.807, 2.05) is 0 Å². The van der Waals surface area contributed by atoms with E-state index in [0.29, 0.717) is 0 Å². The first-order valence-corrected chi connectivity index (χ1v) is 5.15. The molecule has 1 aromatic rings. The first kappa shape index (κ1) is 10.7. The van der Waals surface area contributed by atoms with Crippen molar-refractivity contribution in [2.24, 2.45) is 0 Å². The van der Waals surface area contributed by atoms with Gasteiger partial charge in [0.05, 0.1) is 0 Å². The monoisotopic (exact) mass is 226 g/mol. The quantitative estimate of drug-likeness (QED) is 0.729. The summed E-state index contributed by atoms with van der Waals surface area (Å²) in [6, 6.07) is 7.60. The van der Waals surface area contributed by atoms with Crippen molar-refractivity contribution in [3.8, 4) is 0 Å². The van der Waals surface area contributed by atoms with E-state index in [1.165, 1.54) is 12.1 Å². The number of hydrogen-bond donors (Lipinski definition) is 0. The van der Waals surface area contributed by atoms with Crippen molar-refractivity contribution in [3.05, 3.63) is 35.9 Å². The van der Waals surface area contributed by atoms with Crippen LogP contribution in [0, 0.1) is 0 Å². The molecule has 0 spiro atoms. The molecule has 1 aromatic carbocycles. The first-order valence-electron chi connectivity index (χ1n) is 3.44. The van der Waals surface area contributed by atoms with Gasteiger partial charge in [-0.2, -0.15) is 13.2 Å². The van der Waals surface area contributed by atoms with Gasteiger partial charge in [-0.3, -0.25) is 0 Å². The molecule has 0 amide bonds. The molecule has 0 heterocycles. The molecule has 0 aromatic heterocycles. The molecule has 13 heavy (non-hydrogen) atoms. The minimum atomic E-state index is -4.30. The Hall–Kier alpha value is -0.350. The zero-order chi connectivity index (χ0) is 9.90. The summed E-state index contributed by atoms with van der Waals surface area (Å²) in [6.07, 6.45) is -4.30. The minimum absolute atomic E-state index is 0.176. The van der Waals surface area contributed by atoms with Gasteiger partial charge in [-0.1, -0.05) is 30.3 Å². The van der Waals surface area contributed by atoms with E-state index in [0.717, 1.165) is 0 Å². The van der Waals surface area contributed by atoms with Gasteiger partial charge in [0.15, 0.2) is 0 Å². The highest BCUT2D eigenvalue weighted by Gasteiger charge is 2.40. The maximum absolute atomic E-state index is 12.3. The van der Waals surface area contributed by atoms with Crippen molar-refractivity contribution >= 4 is 21.7 Å². The highest BCUT2D eigenvalue weighted by molar-refractivity contribution is 8.21. The molecule has 0 aliphatic rings. The molecule has 0 N–H and O–H groups in total. The highest BCUT2D eigenvalue weighted by Crippen LogP contribution is 2.44. The predicted octanol–water partition coefficient (Wildman–Crippen LogP) is 4.18. The Labute approximate surface area is 82.6 Å².